The lowest BCUT2D eigenvalue weighted by Gasteiger charge is -2.31. The minimum Gasteiger partial charge on any atom is -0.492 e. The van der Waals surface area contributed by atoms with E-state index in [9.17, 15) is 4.79 Å². The van der Waals surface area contributed by atoms with Crippen LogP contribution in [-0.4, -0.2) is 42.2 Å². The highest BCUT2D eigenvalue weighted by Gasteiger charge is 2.19. The van der Waals surface area contributed by atoms with Crippen molar-refractivity contribution in [2.45, 2.75) is 32.6 Å². The first-order valence-corrected chi connectivity index (χ1v) is 7.77. The van der Waals surface area contributed by atoms with E-state index in [-0.39, 0.29) is 0 Å². The second-order valence-corrected chi connectivity index (χ2v) is 5.83. The Morgan fingerprint density at radius 3 is 2.71 bits per heavy atom. The third-order valence-corrected chi connectivity index (χ3v) is 4.23. The summed E-state index contributed by atoms with van der Waals surface area (Å²) in [5.41, 5.74) is 1.17. The van der Waals surface area contributed by atoms with Crippen molar-refractivity contribution in [2.24, 2.45) is 5.92 Å². The van der Waals surface area contributed by atoms with Gasteiger partial charge in [-0.25, -0.2) is 0 Å². The van der Waals surface area contributed by atoms with Crippen LogP contribution < -0.4 is 4.74 Å². The normalized spacial score (nSPS) is 16.8. The van der Waals surface area contributed by atoms with Gasteiger partial charge in [0.05, 0.1) is 0 Å². The molecule has 2 rings (SSSR count). The van der Waals surface area contributed by atoms with Crippen LogP contribution >= 0.6 is 0 Å². The number of piperidine rings is 1. The third kappa shape index (κ3) is 5.38. The van der Waals surface area contributed by atoms with Gasteiger partial charge in [0.25, 0.3) is 0 Å². The van der Waals surface area contributed by atoms with E-state index in [1.165, 1.54) is 5.56 Å². The summed E-state index contributed by atoms with van der Waals surface area (Å²) < 4.78 is 5.83. The zero-order valence-electron chi connectivity index (χ0n) is 12.8. The van der Waals surface area contributed by atoms with Crippen LogP contribution in [0, 0.1) is 12.8 Å². The minimum absolute atomic E-state index is 0.307. The standard InChI is InChI=1S/C17H25NO3/c1-14-4-2-3-5-16(14)21-13-12-18-10-8-15(9-11-18)6-7-17(19)20/h2-5,15H,6-13H2,1H3,(H,19,20). The number of hydrogen-bond acceptors (Lipinski definition) is 3. The van der Waals surface area contributed by atoms with Gasteiger partial charge in [-0.05, 0) is 56.8 Å². The predicted octanol–water partition coefficient (Wildman–Crippen LogP) is 2.95. The molecule has 21 heavy (non-hydrogen) atoms. The summed E-state index contributed by atoms with van der Waals surface area (Å²) >= 11 is 0. The van der Waals surface area contributed by atoms with Crippen LogP contribution in [0.5, 0.6) is 5.75 Å². The molecule has 116 valence electrons. The topological polar surface area (TPSA) is 49.8 Å². The van der Waals surface area contributed by atoms with E-state index < -0.39 is 5.97 Å². The highest BCUT2D eigenvalue weighted by atomic mass is 16.5. The number of para-hydroxylation sites is 1. The molecular formula is C17H25NO3. The number of hydrogen-bond donors (Lipinski definition) is 1. The summed E-state index contributed by atoms with van der Waals surface area (Å²) in [5.74, 6) is 0.868. The first kappa shape index (κ1) is 15.8. The number of nitrogens with zero attached hydrogens (tertiary/aromatic N) is 1. The van der Waals surface area contributed by atoms with Crippen molar-refractivity contribution in [1.29, 1.82) is 0 Å². The van der Waals surface area contributed by atoms with E-state index in [0.717, 1.165) is 44.6 Å². The van der Waals surface area contributed by atoms with Crippen LogP contribution in [0.2, 0.25) is 0 Å². The van der Waals surface area contributed by atoms with Gasteiger partial charge < -0.3 is 9.84 Å². The van der Waals surface area contributed by atoms with E-state index in [4.69, 9.17) is 9.84 Å². The van der Waals surface area contributed by atoms with Gasteiger partial charge in [-0.15, -0.1) is 0 Å². The first-order valence-electron chi connectivity index (χ1n) is 7.77. The molecule has 1 aromatic rings. The molecule has 0 bridgehead atoms. The molecule has 1 aliphatic heterocycles. The Kier molecular flexibility index (Phi) is 6.05. The summed E-state index contributed by atoms with van der Waals surface area (Å²) in [6, 6.07) is 8.08. The molecule has 0 saturated carbocycles. The second-order valence-electron chi connectivity index (χ2n) is 5.83. The molecule has 4 heteroatoms. The molecule has 0 aromatic heterocycles. The molecule has 0 radical (unpaired) electrons. The Morgan fingerprint density at radius 2 is 2.05 bits per heavy atom. The molecule has 0 aliphatic carbocycles. The van der Waals surface area contributed by atoms with Gasteiger partial charge in [-0.1, -0.05) is 18.2 Å². The molecular weight excluding hydrogens is 266 g/mol. The molecule has 0 amide bonds. The lowest BCUT2D eigenvalue weighted by atomic mass is 9.92. The van der Waals surface area contributed by atoms with Gasteiger partial charge >= 0.3 is 5.97 Å². The number of carboxylic acid groups (broad SMARTS) is 1. The van der Waals surface area contributed by atoms with Crippen molar-refractivity contribution < 1.29 is 14.6 Å². The minimum atomic E-state index is -0.677. The number of carboxylic acids is 1. The maximum absolute atomic E-state index is 10.6. The molecule has 0 atom stereocenters. The van der Waals surface area contributed by atoms with Gasteiger partial charge in [0.15, 0.2) is 0 Å². The Morgan fingerprint density at radius 1 is 1.33 bits per heavy atom. The summed E-state index contributed by atoms with van der Waals surface area (Å²) in [5, 5.41) is 8.72. The Hall–Kier alpha value is -1.55. The van der Waals surface area contributed by atoms with Crippen molar-refractivity contribution in [1.82, 2.24) is 4.90 Å². The zero-order valence-corrected chi connectivity index (χ0v) is 12.8. The van der Waals surface area contributed by atoms with E-state index in [1.54, 1.807) is 0 Å². The van der Waals surface area contributed by atoms with E-state index in [2.05, 4.69) is 17.9 Å². The van der Waals surface area contributed by atoms with E-state index >= 15 is 0 Å². The molecule has 1 aromatic carbocycles. The Bertz CT molecular complexity index is 453. The van der Waals surface area contributed by atoms with Gasteiger partial charge in [-0.2, -0.15) is 0 Å². The highest BCUT2D eigenvalue weighted by Crippen LogP contribution is 2.22. The number of ether oxygens (including phenoxy) is 1. The summed E-state index contributed by atoms with van der Waals surface area (Å²) in [6.45, 7) is 5.83. The van der Waals surface area contributed by atoms with Crippen LogP contribution in [0.15, 0.2) is 24.3 Å². The fraction of sp³-hybridized carbons (Fsp3) is 0.588. The largest absolute Gasteiger partial charge is 0.492 e. The van der Waals surface area contributed by atoms with Crippen molar-refractivity contribution in [3.05, 3.63) is 29.8 Å². The maximum Gasteiger partial charge on any atom is 0.303 e. The number of benzene rings is 1. The first-order chi connectivity index (χ1) is 10.1. The second kappa shape index (κ2) is 8.03. The Balaban J connectivity index is 1.63. The number of aryl methyl sites for hydroxylation is 1. The molecule has 1 heterocycles. The smallest absolute Gasteiger partial charge is 0.303 e. The van der Waals surface area contributed by atoms with Crippen molar-refractivity contribution in [3.63, 3.8) is 0 Å². The van der Waals surface area contributed by atoms with Crippen LogP contribution in [0.3, 0.4) is 0 Å². The predicted molar refractivity (Wildman–Crippen MR) is 82.7 cm³/mol. The van der Waals surface area contributed by atoms with Gasteiger partial charge in [0, 0.05) is 13.0 Å². The molecule has 4 nitrogen and oxygen atoms in total. The summed E-state index contributed by atoms with van der Waals surface area (Å²) in [4.78, 5) is 13.0. The number of carbonyl (C=O) groups is 1. The molecule has 1 fully saturated rings. The Labute approximate surface area is 126 Å². The average molecular weight is 291 g/mol. The van der Waals surface area contributed by atoms with Crippen molar-refractivity contribution in [2.75, 3.05) is 26.2 Å². The fourth-order valence-electron chi connectivity index (χ4n) is 2.83. The van der Waals surface area contributed by atoms with Crippen LogP contribution in [0.1, 0.15) is 31.2 Å². The molecule has 0 spiro atoms. The van der Waals surface area contributed by atoms with Gasteiger partial charge in [-0.3, -0.25) is 9.69 Å². The summed E-state index contributed by atoms with van der Waals surface area (Å²) in [6.07, 6.45) is 3.35. The van der Waals surface area contributed by atoms with Crippen molar-refractivity contribution in [3.8, 4) is 5.75 Å². The number of rotatable bonds is 7. The quantitative estimate of drug-likeness (QED) is 0.839. The van der Waals surface area contributed by atoms with E-state index in [1.807, 2.05) is 18.2 Å². The molecule has 0 unspecified atom stereocenters. The number of aliphatic carboxylic acids is 1. The van der Waals surface area contributed by atoms with Crippen LogP contribution in [-0.2, 0) is 4.79 Å². The maximum atomic E-state index is 10.6. The zero-order chi connectivity index (χ0) is 15.1. The van der Waals surface area contributed by atoms with Gasteiger partial charge in [0.1, 0.15) is 12.4 Å². The fourth-order valence-corrected chi connectivity index (χ4v) is 2.83. The molecule has 1 N–H and O–H groups in total. The lowest BCUT2D eigenvalue weighted by molar-refractivity contribution is -0.137. The van der Waals surface area contributed by atoms with Crippen LogP contribution in [0.25, 0.3) is 0 Å². The van der Waals surface area contributed by atoms with Crippen molar-refractivity contribution >= 4 is 5.97 Å². The summed E-state index contributed by atoms with van der Waals surface area (Å²) in [7, 11) is 0. The lowest BCUT2D eigenvalue weighted by Crippen LogP contribution is -2.36. The van der Waals surface area contributed by atoms with E-state index in [0.29, 0.717) is 18.9 Å². The van der Waals surface area contributed by atoms with Gasteiger partial charge in [0.2, 0.25) is 0 Å². The highest BCUT2D eigenvalue weighted by molar-refractivity contribution is 5.66. The monoisotopic (exact) mass is 291 g/mol. The molecule has 1 saturated heterocycles. The molecule has 1 aliphatic rings. The van der Waals surface area contributed by atoms with Crippen LogP contribution in [0.4, 0.5) is 0 Å². The average Bonchev–Trinajstić information content (AvgIpc) is 2.48. The number of likely N-dealkylation sites (tertiary alicyclic amines) is 1. The SMILES string of the molecule is Cc1ccccc1OCCN1CCC(CCC(=O)O)CC1. The third-order valence-electron chi connectivity index (χ3n) is 4.23.